The first kappa shape index (κ1) is 20.1. The minimum Gasteiger partial charge on any atom is -0.486 e. The Morgan fingerprint density at radius 2 is 1.90 bits per heavy atom. The summed E-state index contributed by atoms with van der Waals surface area (Å²) in [7, 11) is 0. The molecule has 0 aliphatic rings. The van der Waals surface area contributed by atoms with Crippen LogP contribution in [0.3, 0.4) is 0 Å². The van der Waals surface area contributed by atoms with E-state index in [1.807, 2.05) is 24.3 Å². The molecule has 0 aliphatic heterocycles. The van der Waals surface area contributed by atoms with Gasteiger partial charge in [-0.05, 0) is 54.1 Å². The molecule has 4 rings (SSSR count). The molecule has 1 amide bonds. The summed E-state index contributed by atoms with van der Waals surface area (Å²) in [5, 5.41) is 8.21. The van der Waals surface area contributed by atoms with Crippen molar-refractivity contribution in [2.75, 3.05) is 5.32 Å². The number of furan rings is 1. The highest BCUT2D eigenvalue weighted by Gasteiger charge is 2.12. The molecule has 8 heteroatoms. The van der Waals surface area contributed by atoms with Crippen molar-refractivity contribution in [3.05, 3.63) is 100 Å². The first-order chi connectivity index (χ1) is 14.5. The van der Waals surface area contributed by atoms with Gasteiger partial charge in [0.1, 0.15) is 18.1 Å². The molecule has 2 aromatic carbocycles. The van der Waals surface area contributed by atoms with Crippen LogP contribution in [0, 0.1) is 0 Å². The largest absolute Gasteiger partial charge is 0.486 e. The summed E-state index contributed by atoms with van der Waals surface area (Å²) in [6, 6.07) is 17.8. The molecule has 4 aromatic rings. The molecule has 0 radical (unpaired) electrons. The van der Waals surface area contributed by atoms with Gasteiger partial charge in [0.15, 0.2) is 5.76 Å². The minimum absolute atomic E-state index is 0.203. The van der Waals surface area contributed by atoms with Crippen LogP contribution in [-0.4, -0.2) is 15.7 Å². The normalized spacial score (nSPS) is 10.7. The van der Waals surface area contributed by atoms with Crippen LogP contribution in [0.25, 0.3) is 0 Å². The number of nitrogens with zero attached hydrogens (tertiary/aromatic N) is 2. The molecule has 0 aliphatic carbocycles. The van der Waals surface area contributed by atoms with Crippen molar-refractivity contribution in [3.8, 4) is 5.75 Å². The van der Waals surface area contributed by atoms with Gasteiger partial charge >= 0.3 is 0 Å². The SMILES string of the molecule is O=C(Nc1cccc(Cn2cc(Cl)cn2)c1)c1ccc(COc2ccc(Cl)cc2)o1. The van der Waals surface area contributed by atoms with Crippen LogP contribution in [0.4, 0.5) is 5.69 Å². The van der Waals surface area contributed by atoms with E-state index in [9.17, 15) is 4.79 Å². The summed E-state index contributed by atoms with van der Waals surface area (Å²) in [5.74, 6) is 1.07. The summed E-state index contributed by atoms with van der Waals surface area (Å²) >= 11 is 11.8. The van der Waals surface area contributed by atoms with Gasteiger partial charge < -0.3 is 14.5 Å². The molecule has 1 N–H and O–H groups in total. The van der Waals surface area contributed by atoms with Crippen LogP contribution in [0.5, 0.6) is 5.75 Å². The van der Waals surface area contributed by atoms with E-state index in [0.29, 0.717) is 33.8 Å². The van der Waals surface area contributed by atoms with E-state index in [1.165, 1.54) is 0 Å². The van der Waals surface area contributed by atoms with E-state index >= 15 is 0 Å². The summed E-state index contributed by atoms with van der Waals surface area (Å²) in [6.45, 7) is 0.750. The third-order valence-corrected chi connectivity index (χ3v) is 4.66. The second-order valence-electron chi connectivity index (χ2n) is 6.52. The number of ether oxygens (including phenoxy) is 1. The van der Waals surface area contributed by atoms with Gasteiger partial charge in [-0.3, -0.25) is 9.48 Å². The van der Waals surface area contributed by atoms with Crippen molar-refractivity contribution in [1.82, 2.24) is 9.78 Å². The van der Waals surface area contributed by atoms with E-state index in [2.05, 4.69) is 10.4 Å². The molecule has 0 unspecified atom stereocenters. The average Bonchev–Trinajstić information content (AvgIpc) is 3.37. The van der Waals surface area contributed by atoms with Crippen LogP contribution < -0.4 is 10.1 Å². The van der Waals surface area contributed by atoms with Crippen molar-refractivity contribution < 1.29 is 13.9 Å². The zero-order chi connectivity index (χ0) is 20.9. The zero-order valence-electron chi connectivity index (χ0n) is 15.7. The summed E-state index contributed by atoms with van der Waals surface area (Å²) in [5.41, 5.74) is 1.63. The number of halogens is 2. The van der Waals surface area contributed by atoms with Gasteiger partial charge in [0, 0.05) is 16.9 Å². The quantitative estimate of drug-likeness (QED) is 0.401. The van der Waals surface area contributed by atoms with Gasteiger partial charge in [-0.2, -0.15) is 5.10 Å². The number of hydrogen-bond donors (Lipinski definition) is 1. The Labute approximate surface area is 183 Å². The average molecular weight is 442 g/mol. The molecular formula is C22H17Cl2N3O3. The Bertz CT molecular complexity index is 1150. The van der Waals surface area contributed by atoms with Gasteiger partial charge in [-0.15, -0.1) is 0 Å². The number of nitrogens with one attached hydrogen (secondary N) is 1. The fraction of sp³-hybridized carbons (Fsp3) is 0.0909. The first-order valence-corrected chi connectivity index (χ1v) is 9.86. The molecule has 2 aromatic heterocycles. The first-order valence-electron chi connectivity index (χ1n) is 9.10. The summed E-state index contributed by atoms with van der Waals surface area (Å²) in [6.07, 6.45) is 3.32. The number of benzene rings is 2. The van der Waals surface area contributed by atoms with Crippen molar-refractivity contribution >= 4 is 34.8 Å². The van der Waals surface area contributed by atoms with Crippen LogP contribution >= 0.6 is 23.2 Å². The zero-order valence-corrected chi connectivity index (χ0v) is 17.2. The number of carbonyl (C=O) groups is 1. The van der Waals surface area contributed by atoms with Crippen molar-refractivity contribution in [2.45, 2.75) is 13.2 Å². The highest BCUT2D eigenvalue weighted by atomic mass is 35.5. The fourth-order valence-corrected chi connectivity index (χ4v) is 3.10. The molecule has 2 heterocycles. The second-order valence-corrected chi connectivity index (χ2v) is 7.39. The molecule has 0 fully saturated rings. The van der Waals surface area contributed by atoms with Gasteiger partial charge in [0.2, 0.25) is 0 Å². The van der Waals surface area contributed by atoms with Crippen LogP contribution in [0.15, 0.2) is 77.5 Å². The Morgan fingerprint density at radius 3 is 2.67 bits per heavy atom. The van der Waals surface area contributed by atoms with E-state index in [-0.39, 0.29) is 18.3 Å². The van der Waals surface area contributed by atoms with E-state index in [4.69, 9.17) is 32.4 Å². The number of rotatable bonds is 7. The Hall–Kier alpha value is -3.22. The predicted molar refractivity (Wildman–Crippen MR) is 115 cm³/mol. The topological polar surface area (TPSA) is 69.3 Å². The van der Waals surface area contributed by atoms with Gasteiger partial charge in [-0.25, -0.2) is 0 Å². The maximum atomic E-state index is 12.5. The molecule has 6 nitrogen and oxygen atoms in total. The van der Waals surface area contributed by atoms with Gasteiger partial charge in [-0.1, -0.05) is 35.3 Å². The third-order valence-electron chi connectivity index (χ3n) is 4.21. The lowest BCUT2D eigenvalue weighted by molar-refractivity contribution is 0.0992. The lowest BCUT2D eigenvalue weighted by Crippen LogP contribution is -2.11. The molecule has 0 saturated carbocycles. The van der Waals surface area contributed by atoms with Gasteiger partial charge in [0.05, 0.1) is 17.8 Å². The lowest BCUT2D eigenvalue weighted by Gasteiger charge is -2.07. The summed E-state index contributed by atoms with van der Waals surface area (Å²) < 4.78 is 13.0. The highest BCUT2D eigenvalue weighted by molar-refractivity contribution is 6.30. The number of hydrogen-bond acceptors (Lipinski definition) is 4. The predicted octanol–water partition coefficient (Wildman–Crippen LogP) is 5.66. The minimum atomic E-state index is -0.341. The molecule has 0 bridgehead atoms. The second kappa shape index (κ2) is 9.07. The van der Waals surface area contributed by atoms with Crippen LogP contribution in [0.1, 0.15) is 21.9 Å². The molecule has 152 valence electrons. The maximum Gasteiger partial charge on any atom is 0.291 e. The Kier molecular flexibility index (Phi) is 6.07. The van der Waals surface area contributed by atoms with E-state index < -0.39 is 0 Å². The number of aromatic nitrogens is 2. The lowest BCUT2D eigenvalue weighted by atomic mass is 10.2. The standard InChI is InChI=1S/C22H17Cl2N3O3/c23-16-4-6-19(7-5-16)29-14-20-8-9-21(30-20)22(28)26-18-3-1-2-15(10-18)12-27-13-17(24)11-25-27/h1-11,13H,12,14H2,(H,26,28). The molecule has 0 saturated heterocycles. The Balaban J connectivity index is 1.36. The smallest absolute Gasteiger partial charge is 0.291 e. The van der Waals surface area contributed by atoms with Crippen molar-refractivity contribution in [1.29, 1.82) is 0 Å². The molecular weight excluding hydrogens is 425 g/mol. The summed E-state index contributed by atoms with van der Waals surface area (Å²) in [4.78, 5) is 12.5. The van der Waals surface area contributed by atoms with Crippen molar-refractivity contribution in [2.24, 2.45) is 0 Å². The van der Waals surface area contributed by atoms with Crippen molar-refractivity contribution in [3.63, 3.8) is 0 Å². The third kappa shape index (κ3) is 5.23. The molecule has 30 heavy (non-hydrogen) atoms. The van der Waals surface area contributed by atoms with Gasteiger partial charge in [0.25, 0.3) is 5.91 Å². The fourth-order valence-electron chi connectivity index (χ4n) is 2.81. The highest BCUT2D eigenvalue weighted by Crippen LogP contribution is 2.19. The number of amides is 1. The van der Waals surface area contributed by atoms with Crippen LogP contribution in [-0.2, 0) is 13.2 Å². The number of carbonyl (C=O) groups excluding carboxylic acids is 1. The maximum absolute atomic E-state index is 12.5. The molecule has 0 spiro atoms. The molecule has 0 atom stereocenters. The van der Waals surface area contributed by atoms with E-state index in [0.717, 1.165) is 5.56 Å². The number of anilines is 1. The monoisotopic (exact) mass is 441 g/mol. The Morgan fingerprint density at radius 1 is 1.07 bits per heavy atom. The van der Waals surface area contributed by atoms with E-state index in [1.54, 1.807) is 53.5 Å². The van der Waals surface area contributed by atoms with Crippen LogP contribution in [0.2, 0.25) is 10.0 Å².